The molecule has 1 unspecified atom stereocenters. The summed E-state index contributed by atoms with van der Waals surface area (Å²) in [6, 6.07) is 0.892. The number of nitrogens with one attached hydrogen (secondary N) is 2. The van der Waals surface area contributed by atoms with Gasteiger partial charge >= 0.3 is 11.8 Å². The Labute approximate surface area is 165 Å². The Hall–Kier alpha value is -2.91. The van der Waals surface area contributed by atoms with Crippen LogP contribution in [0.4, 0.5) is 15.0 Å². The van der Waals surface area contributed by atoms with E-state index in [1.54, 1.807) is 25.7 Å². The molecule has 0 spiro atoms. The topological polar surface area (TPSA) is 109 Å². The van der Waals surface area contributed by atoms with Crippen molar-refractivity contribution in [2.75, 3.05) is 18.0 Å². The fourth-order valence-corrected chi connectivity index (χ4v) is 3.58. The summed E-state index contributed by atoms with van der Waals surface area (Å²) in [5, 5.41) is 2.84. The van der Waals surface area contributed by atoms with Crippen molar-refractivity contribution in [1.29, 1.82) is 0 Å². The van der Waals surface area contributed by atoms with Gasteiger partial charge in [0.05, 0.1) is 11.4 Å². The van der Waals surface area contributed by atoms with E-state index < -0.39 is 28.8 Å². The van der Waals surface area contributed by atoms with Crippen molar-refractivity contribution in [3.63, 3.8) is 0 Å². The second-order valence-electron chi connectivity index (χ2n) is 8.60. The Kier molecular flexibility index (Phi) is 4.59. The molecule has 156 valence electrons. The van der Waals surface area contributed by atoms with Gasteiger partial charge in [-0.05, 0) is 46.1 Å². The van der Waals surface area contributed by atoms with Crippen LogP contribution in [0.5, 0.6) is 0 Å². The van der Waals surface area contributed by atoms with Crippen molar-refractivity contribution in [3.8, 4) is 0 Å². The fourth-order valence-electron chi connectivity index (χ4n) is 3.58. The standard InChI is InChI=1S/C19H24FN5O4/c1-19(2,3)29-18(28)21-10-6-7-24(9-10)15-13(20)8-12-14(22-15)25(11-4-5-11)17(27)23-16(12)26/h8,10-11H,4-7,9H2,1-3H3,(H,21,28)(H,23,26,27). The van der Waals surface area contributed by atoms with Gasteiger partial charge in [0.15, 0.2) is 17.3 Å². The molecular weight excluding hydrogens is 381 g/mol. The summed E-state index contributed by atoms with van der Waals surface area (Å²) in [6.45, 7) is 6.17. The van der Waals surface area contributed by atoms with Gasteiger partial charge in [0.1, 0.15) is 5.60 Å². The molecule has 2 aliphatic rings. The quantitative estimate of drug-likeness (QED) is 0.804. The van der Waals surface area contributed by atoms with Gasteiger partial charge in [-0.2, -0.15) is 0 Å². The molecule has 0 radical (unpaired) electrons. The molecule has 10 heteroatoms. The molecule has 1 aliphatic heterocycles. The van der Waals surface area contributed by atoms with E-state index in [0.29, 0.717) is 19.5 Å². The van der Waals surface area contributed by atoms with E-state index in [4.69, 9.17) is 4.74 Å². The van der Waals surface area contributed by atoms with E-state index in [1.807, 2.05) is 0 Å². The Morgan fingerprint density at radius 1 is 1.31 bits per heavy atom. The third-order valence-corrected chi connectivity index (χ3v) is 4.97. The molecule has 1 saturated heterocycles. The highest BCUT2D eigenvalue weighted by atomic mass is 19.1. The normalized spacial score (nSPS) is 19.6. The SMILES string of the molecule is CC(C)(C)OC(=O)NC1CCN(c2nc3c(cc2F)c(=O)[nH]c(=O)n3C2CC2)C1. The Bertz CT molecular complexity index is 1080. The lowest BCUT2D eigenvalue weighted by Crippen LogP contribution is -2.40. The maximum absolute atomic E-state index is 14.8. The first-order chi connectivity index (χ1) is 13.6. The molecule has 3 heterocycles. The number of H-pyrrole nitrogens is 1. The van der Waals surface area contributed by atoms with Crippen LogP contribution in [0, 0.1) is 5.82 Å². The van der Waals surface area contributed by atoms with Crippen molar-refractivity contribution < 1.29 is 13.9 Å². The van der Waals surface area contributed by atoms with Crippen LogP contribution >= 0.6 is 0 Å². The Morgan fingerprint density at radius 2 is 2.03 bits per heavy atom. The van der Waals surface area contributed by atoms with Gasteiger partial charge in [-0.3, -0.25) is 14.3 Å². The number of fused-ring (bicyclic) bond motifs is 1. The van der Waals surface area contributed by atoms with E-state index in [2.05, 4.69) is 15.3 Å². The summed E-state index contributed by atoms with van der Waals surface area (Å²) in [7, 11) is 0. The van der Waals surface area contributed by atoms with Gasteiger partial charge in [0, 0.05) is 19.1 Å². The minimum absolute atomic E-state index is 0.0205. The second kappa shape index (κ2) is 6.85. The maximum Gasteiger partial charge on any atom is 0.407 e. The van der Waals surface area contributed by atoms with Gasteiger partial charge in [0.25, 0.3) is 5.56 Å². The number of alkyl carbamates (subject to hydrolysis) is 1. The summed E-state index contributed by atoms with van der Waals surface area (Å²) in [4.78, 5) is 44.6. The van der Waals surface area contributed by atoms with E-state index in [9.17, 15) is 18.8 Å². The van der Waals surface area contributed by atoms with Gasteiger partial charge in [0.2, 0.25) is 0 Å². The van der Waals surface area contributed by atoms with Crippen LogP contribution in [0.1, 0.15) is 46.1 Å². The first-order valence-corrected chi connectivity index (χ1v) is 9.72. The van der Waals surface area contributed by atoms with Crippen molar-refractivity contribution in [3.05, 3.63) is 32.7 Å². The van der Waals surface area contributed by atoms with Crippen LogP contribution < -0.4 is 21.5 Å². The lowest BCUT2D eigenvalue weighted by Gasteiger charge is -2.22. The molecular formula is C19H24FN5O4. The highest BCUT2D eigenvalue weighted by molar-refractivity contribution is 5.77. The molecule has 1 atom stereocenters. The number of carbonyl (C=O) groups is 1. The summed E-state index contributed by atoms with van der Waals surface area (Å²) >= 11 is 0. The van der Waals surface area contributed by atoms with Crippen LogP contribution in [-0.4, -0.2) is 45.4 Å². The number of amides is 1. The molecule has 2 fully saturated rings. The molecule has 1 aliphatic carbocycles. The number of aromatic amines is 1. The summed E-state index contributed by atoms with van der Waals surface area (Å²) in [5.74, 6) is -0.563. The molecule has 1 saturated carbocycles. The number of hydrogen-bond acceptors (Lipinski definition) is 6. The first-order valence-electron chi connectivity index (χ1n) is 9.72. The van der Waals surface area contributed by atoms with Gasteiger partial charge in [-0.25, -0.2) is 19.0 Å². The zero-order valence-corrected chi connectivity index (χ0v) is 16.6. The number of pyridine rings is 1. The highest BCUT2D eigenvalue weighted by Gasteiger charge is 2.31. The maximum atomic E-state index is 14.8. The Morgan fingerprint density at radius 3 is 2.69 bits per heavy atom. The summed E-state index contributed by atoms with van der Waals surface area (Å²) in [6.07, 6.45) is 1.72. The number of aromatic nitrogens is 3. The van der Waals surface area contributed by atoms with E-state index in [0.717, 1.165) is 18.9 Å². The van der Waals surface area contributed by atoms with Crippen molar-refractivity contribution in [2.45, 2.75) is 57.7 Å². The Balaban J connectivity index is 1.61. The van der Waals surface area contributed by atoms with Gasteiger partial charge in [-0.15, -0.1) is 0 Å². The molecule has 1 amide bonds. The number of rotatable bonds is 3. The van der Waals surface area contributed by atoms with Crippen LogP contribution in [0.3, 0.4) is 0 Å². The molecule has 29 heavy (non-hydrogen) atoms. The lowest BCUT2D eigenvalue weighted by molar-refractivity contribution is 0.0509. The monoisotopic (exact) mass is 405 g/mol. The molecule has 0 bridgehead atoms. The summed E-state index contributed by atoms with van der Waals surface area (Å²) in [5.41, 5.74) is -1.58. The van der Waals surface area contributed by atoms with Crippen molar-refractivity contribution in [2.24, 2.45) is 0 Å². The average Bonchev–Trinajstić information content (AvgIpc) is 3.32. The molecule has 2 aromatic rings. The minimum atomic E-state index is -0.647. The number of hydrogen-bond donors (Lipinski definition) is 2. The van der Waals surface area contributed by atoms with E-state index in [-0.39, 0.29) is 28.9 Å². The number of halogens is 1. The molecule has 2 N–H and O–H groups in total. The number of carbonyl (C=O) groups excluding carboxylic acids is 1. The lowest BCUT2D eigenvalue weighted by atomic mass is 10.2. The number of ether oxygens (including phenoxy) is 1. The van der Waals surface area contributed by atoms with Crippen molar-refractivity contribution >= 4 is 22.9 Å². The highest BCUT2D eigenvalue weighted by Crippen LogP contribution is 2.35. The third kappa shape index (κ3) is 3.96. The molecule has 0 aromatic carbocycles. The second-order valence-corrected chi connectivity index (χ2v) is 8.60. The van der Waals surface area contributed by atoms with Crippen LogP contribution in [-0.2, 0) is 4.74 Å². The van der Waals surface area contributed by atoms with Gasteiger partial charge < -0.3 is 15.0 Å². The smallest absolute Gasteiger partial charge is 0.407 e. The zero-order valence-electron chi connectivity index (χ0n) is 16.6. The van der Waals surface area contributed by atoms with Gasteiger partial charge in [-0.1, -0.05) is 0 Å². The predicted molar refractivity (Wildman–Crippen MR) is 105 cm³/mol. The zero-order chi connectivity index (χ0) is 20.9. The average molecular weight is 405 g/mol. The predicted octanol–water partition coefficient (Wildman–Crippen LogP) is 1.66. The fraction of sp³-hybridized carbons (Fsp3) is 0.579. The number of nitrogens with zero attached hydrogens (tertiary/aromatic N) is 3. The van der Waals surface area contributed by atoms with Crippen molar-refractivity contribution in [1.82, 2.24) is 19.9 Å². The summed E-state index contributed by atoms with van der Waals surface area (Å²) < 4.78 is 21.5. The largest absolute Gasteiger partial charge is 0.444 e. The third-order valence-electron chi connectivity index (χ3n) is 4.97. The molecule has 4 rings (SSSR count). The molecule has 2 aromatic heterocycles. The van der Waals surface area contributed by atoms with Crippen LogP contribution in [0.25, 0.3) is 11.0 Å². The minimum Gasteiger partial charge on any atom is -0.444 e. The molecule has 9 nitrogen and oxygen atoms in total. The van der Waals surface area contributed by atoms with Crippen LogP contribution in [0.2, 0.25) is 0 Å². The first kappa shape index (κ1) is 19.4. The van der Waals surface area contributed by atoms with Crippen LogP contribution in [0.15, 0.2) is 15.7 Å². The van der Waals surface area contributed by atoms with E-state index in [1.165, 1.54) is 4.57 Å². The number of anilines is 1. The van der Waals surface area contributed by atoms with E-state index >= 15 is 0 Å².